The number of ether oxygens (including phenoxy) is 1. The van der Waals surface area contributed by atoms with Gasteiger partial charge in [0.2, 0.25) is 0 Å². The minimum Gasteiger partial charge on any atom is -0.496 e. The van der Waals surface area contributed by atoms with Crippen LogP contribution < -0.4 is 4.74 Å². The second-order valence-corrected chi connectivity index (χ2v) is 5.42. The minimum absolute atomic E-state index is 0.101. The molecule has 1 aromatic heterocycles. The maximum absolute atomic E-state index is 12.4. The van der Waals surface area contributed by atoms with Gasteiger partial charge in [0.1, 0.15) is 5.75 Å². The molecule has 0 spiro atoms. The second kappa shape index (κ2) is 6.20. The topological polar surface area (TPSA) is 49.8 Å². The van der Waals surface area contributed by atoms with E-state index in [0.29, 0.717) is 0 Å². The zero-order valence-electron chi connectivity index (χ0n) is 10.6. The van der Waals surface area contributed by atoms with Crippen LogP contribution in [-0.2, 0) is 0 Å². The fourth-order valence-electron chi connectivity index (χ4n) is 2.41. The number of rotatable bonds is 5. The highest BCUT2D eigenvalue weighted by molar-refractivity contribution is 7.12. The first-order valence-electron chi connectivity index (χ1n) is 6.30. The molecule has 1 fully saturated rings. The molecular formula is C13H19NO3S. The van der Waals surface area contributed by atoms with E-state index in [2.05, 4.69) is 0 Å². The maximum atomic E-state index is 12.4. The van der Waals surface area contributed by atoms with Gasteiger partial charge >= 0.3 is 0 Å². The molecule has 1 aliphatic rings. The van der Waals surface area contributed by atoms with Crippen LogP contribution in [0.25, 0.3) is 0 Å². The molecule has 1 aliphatic heterocycles. The van der Waals surface area contributed by atoms with Crippen LogP contribution in [0.1, 0.15) is 35.4 Å². The molecule has 2 heterocycles. The summed E-state index contributed by atoms with van der Waals surface area (Å²) in [6, 6.07) is 2.09. The van der Waals surface area contributed by atoms with Gasteiger partial charge in [-0.25, -0.2) is 0 Å². The van der Waals surface area contributed by atoms with Crippen molar-refractivity contribution in [1.82, 2.24) is 4.90 Å². The number of methoxy groups -OCH3 is 1. The molecule has 1 unspecified atom stereocenters. The zero-order valence-corrected chi connectivity index (χ0v) is 11.4. The van der Waals surface area contributed by atoms with Crippen molar-refractivity contribution in [3.05, 3.63) is 16.3 Å². The molecule has 1 saturated heterocycles. The van der Waals surface area contributed by atoms with Crippen LogP contribution >= 0.6 is 11.3 Å². The van der Waals surface area contributed by atoms with Crippen molar-refractivity contribution in [3.63, 3.8) is 0 Å². The highest BCUT2D eigenvalue weighted by Crippen LogP contribution is 2.27. The molecule has 0 saturated carbocycles. The van der Waals surface area contributed by atoms with Gasteiger partial charge < -0.3 is 14.7 Å². The first kappa shape index (κ1) is 13.4. The summed E-state index contributed by atoms with van der Waals surface area (Å²) >= 11 is 1.43. The fraction of sp³-hybridized carbons (Fsp3) is 0.615. The van der Waals surface area contributed by atoms with E-state index in [1.165, 1.54) is 11.3 Å². The number of amides is 1. The Bertz CT molecular complexity index is 405. The molecule has 2 rings (SSSR count). The Morgan fingerprint density at radius 2 is 2.50 bits per heavy atom. The summed E-state index contributed by atoms with van der Waals surface area (Å²) < 4.78 is 5.11. The van der Waals surface area contributed by atoms with Crippen LogP contribution in [0.5, 0.6) is 5.75 Å². The van der Waals surface area contributed by atoms with Crippen molar-refractivity contribution in [3.8, 4) is 5.75 Å². The summed E-state index contributed by atoms with van der Waals surface area (Å²) in [7, 11) is 1.61. The average Bonchev–Trinajstić information content (AvgIpc) is 3.04. The predicted octanol–water partition coefficient (Wildman–Crippen LogP) is 2.13. The lowest BCUT2D eigenvalue weighted by Crippen LogP contribution is -2.35. The molecule has 0 aromatic carbocycles. The number of hydrogen-bond acceptors (Lipinski definition) is 4. The van der Waals surface area contributed by atoms with E-state index < -0.39 is 0 Å². The predicted molar refractivity (Wildman–Crippen MR) is 71.2 cm³/mol. The molecule has 1 amide bonds. The molecule has 4 nitrogen and oxygen atoms in total. The number of aliphatic hydroxyl groups excluding tert-OH is 1. The van der Waals surface area contributed by atoms with Gasteiger partial charge in [-0.3, -0.25) is 4.79 Å². The van der Waals surface area contributed by atoms with Crippen LogP contribution in [0, 0.1) is 0 Å². The van der Waals surface area contributed by atoms with Crippen LogP contribution in [0.2, 0.25) is 0 Å². The number of carbonyl (C=O) groups excluding carboxylic acids is 1. The number of thiophene rings is 1. The van der Waals surface area contributed by atoms with Gasteiger partial charge in [-0.15, -0.1) is 11.3 Å². The Labute approximate surface area is 111 Å². The fourth-order valence-corrected chi connectivity index (χ4v) is 3.22. The number of likely N-dealkylation sites (tertiary alicyclic amines) is 1. The van der Waals surface area contributed by atoms with Crippen LogP contribution in [0.15, 0.2) is 11.4 Å². The van der Waals surface area contributed by atoms with Crippen molar-refractivity contribution < 1.29 is 14.6 Å². The second-order valence-electron chi connectivity index (χ2n) is 4.51. The first-order chi connectivity index (χ1) is 8.76. The van der Waals surface area contributed by atoms with Gasteiger partial charge in [-0.05, 0) is 25.7 Å². The van der Waals surface area contributed by atoms with E-state index in [1.54, 1.807) is 13.2 Å². The van der Waals surface area contributed by atoms with E-state index in [4.69, 9.17) is 9.84 Å². The molecule has 5 heteroatoms. The maximum Gasteiger partial charge on any atom is 0.264 e. The van der Waals surface area contributed by atoms with Gasteiger partial charge in [0.15, 0.2) is 0 Å². The summed E-state index contributed by atoms with van der Waals surface area (Å²) in [5.74, 6) is 0.846. The normalized spacial score (nSPS) is 19.2. The molecule has 0 aliphatic carbocycles. The Balaban J connectivity index is 2.02. The van der Waals surface area contributed by atoms with Crippen LogP contribution in [0.4, 0.5) is 0 Å². The third-order valence-electron chi connectivity index (χ3n) is 3.36. The third kappa shape index (κ3) is 2.84. The lowest BCUT2D eigenvalue weighted by atomic mass is 10.1. The Morgan fingerprint density at radius 1 is 1.67 bits per heavy atom. The number of nitrogens with zero attached hydrogens (tertiary/aromatic N) is 1. The molecule has 100 valence electrons. The van der Waals surface area contributed by atoms with Gasteiger partial charge in [0.05, 0.1) is 12.0 Å². The van der Waals surface area contributed by atoms with E-state index in [9.17, 15) is 4.79 Å². The number of carbonyl (C=O) groups is 1. The van der Waals surface area contributed by atoms with Gasteiger partial charge in [0, 0.05) is 30.6 Å². The largest absolute Gasteiger partial charge is 0.496 e. The van der Waals surface area contributed by atoms with E-state index in [-0.39, 0.29) is 18.6 Å². The van der Waals surface area contributed by atoms with Crippen molar-refractivity contribution >= 4 is 17.2 Å². The smallest absolute Gasteiger partial charge is 0.264 e. The average molecular weight is 269 g/mol. The molecule has 0 bridgehead atoms. The van der Waals surface area contributed by atoms with Crippen LogP contribution in [-0.4, -0.2) is 42.2 Å². The molecular weight excluding hydrogens is 250 g/mol. The Kier molecular flexibility index (Phi) is 4.60. The van der Waals surface area contributed by atoms with Gasteiger partial charge in [-0.2, -0.15) is 0 Å². The highest BCUT2D eigenvalue weighted by Gasteiger charge is 2.29. The molecule has 1 aromatic rings. The first-order valence-corrected chi connectivity index (χ1v) is 7.18. The summed E-state index contributed by atoms with van der Waals surface area (Å²) in [4.78, 5) is 15.1. The highest BCUT2D eigenvalue weighted by atomic mass is 32.1. The Hall–Kier alpha value is -1.07. The standard InChI is InChI=1S/C13H19NO3S/c1-17-11-8-12(18-9-11)13(16)14-6-2-4-10(14)5-3-7-15/h8-10,15H,2-7H2,1H3. The van der Waals surface area contributed by atoms with Crippen LogP contribution in [0.3, 0.4) is 0 Å². The number of aliphatic hydroxyl groups is 1. The van der Waals surface area contributed by atoms with Gasteiger partial charge in [-0.1, -0.05) is 0 Å². The lowest BCUT2D eigenvalue weighted by Gasteiger charge is -2.23. The SMILES string of the molecule is COc1csc(C(=O)N2CCCC2CCCO)c1. The summed E-state index contributed by atoms with van der Waals surface area (Å²) in [5.41, 5.74) is 0. The van der Waals surface area contributed by atoms with E-state index in [0.717, 1.165) is 42.9 Å². The van der Waals surface area contributed by atoms with Crippen molar-refractivity contribution in [2.45, 2.75) is 31.7 Å². The van der Waals surface area contributed by atoms with E-state index >= 15 is 0 Å². The molecule has 1 N–H and O–H groups in total. The number of hydrogen-bond donors (Lipinski definition) is 1. The van der Waals surface area contributed by atoms with Crippen molar-refractivity contribution in [2.75, 3.05) is 20.3 Å². The quantitative estimate of drug-likeness (QED) is 0.891. The molecule has 1 atom stereocenters. The van der Waals surface area contributed by atoms with Crippen molar-refractivity contribution in [2.24, 2.45) is 0 Å². The monoisotopic (exact) mass is 269 g/mol. The third-order valence-corrected chi connectivity index (χ3v) is 4.25. The van der Waals surface area contributed by atoms with E-state index in [1.807, 2.05) is 10.3 Å². The summed E-state index contributed by atoms with van der Waals surface area (Å²) in [5, 5.41) is 10.7. The van der Waals surface area contributed by atoms with Crippen molar-refractivity contribution in [1.29, 1.82) is 0 Å². The summed E-state index contributed by atoms with van der Waals surface area (Å²) in [6.07, 6.45) is 3.77. The summed E-state index contributed by atoms with van der Waals surface area (Å²) in [6.45, 7) is 1.03. The zero-order chi connectivity index (χ0) is 13.0. The molecule has 0 radical (unpaired) electrons. The lowest BCUT2D eigenvalue weighted by molar-refractivity contribution is 0.0729. The van der Waals surface area contributed by atoms with Gasteiger partial charge in [0.25, 0.3) is 5.91 Å². The molecule has 18 heavy (non-hydrogen) atoms. The Morgan fingerprint density at radius 3 is 3.17 bits per heavy atom. The minimum atomic E-state index is 0.101.